The first-order valence-corrected chi connectivity index (χ1v) is 15.0. The number of likely N-dealkylation sites (tertiary alicyclic amines) is 1. The molecule has 198 valence electrons. The normalized spacial score (nSPS) is 27.2. The lowest BCUT2D eigenvalue weighted by atomic mass is 9.99. The summed E-state index contributed by atoms with van der Waals surface area (Å²) < 4.78 is 28.6. The van der Waals surface area contributed by atoms with Gasteiger partial charge in [0.05, 0.1) is 22.8 Å². The van der Waals surface area contributed by atoms with Crippen molar-refractivity contribution >= 4 is 39.1 Å². The maximum atomic E-state index is 13.4. The molecule has 2 amide bonds. The molecule has 0 spiro atoms. The van der Waals surface area contributed by atoms with Crippen LogP contribution in [0.1, 0.15) is 60.9 Å². The Bertz CT molecular complexity index is 1110. The molecule has 9 nitrogen and oxygen atoms in total. The lowest BCUT2D eigenvalue weighted by molar-refractivity contribution is -0.115. The molecule has 3 fully saturated rings. The van der Waals surface area contributed by atoms with Crippen molar-refractivity contribution in [1.82, 2.24) is 14.5 Å². The van der Waals surface area contributed by atoms with Gasteiger partial charge in [-0.25, -0.2) is 8.42 Å². The zero-order valence-electron chi connectivity index (χ0n) is 20.4. The number of benzene rings is 1. The highest BCUT2D eigenvalue weighted by Crippen LogP contribution is 2.39. The fourth-order valence-electron chi connectivity index (χ4n) is 6.45. The number of fused-ring (bicyclic) bond motifs is 3. The number of amides is 2. The van der Waals surface area contributed by atoms with Crippen LogP contribution in [0, 0.1) is 5.92 Å². The molecular weight excluding hydrogens is 504 g/mol. The van der Waals surface area contributed by atoms with Crippen molar-refractivity contribution in [3.8, 4) is 0 Å². The minimum absolute atomic E-state index is 0.0824. The molecule has 0 aromatic heterocycles. The van der Waals surface area contributed by atoms with Crippen LogP contribution in [-0.2, 0) is 21.2 Å². The van der Waals surface area contributed by atoms with Crippen LogP contribution in [0.3, 0.4) is 0 Å². The second kappa shape index (κ2) is 10.6. The second-order valence-electron chi connectivity index (χ2n) is 10.7. The molecule has 4 aliphatic rings. The van der Waals surface area contributed by atoms with Gasteiger partial charge in [-0.05, 0) is 81.6 Å². The predicted molar refractivity (Wildman–Crippen MR) is 138 cm³/mol. The van der Waals surface area contributed by atoms with E-state index in [4.69, 9.17) is 16.7 Å². The predicted octanol–water partition coefficient (Wildman–Crippen LogP) is 1.98. The van der Waals surface area contributed by atoms with Crippen molar-refractivity contribution in [3.05, 3.63) is 28.3 Å². The molecule has 36 heavy (non-hydrogen) atoms. The van der Waals surface area contributed by atoms with Crippen LogP contribution in [0.5, 0.6) is 0 Å². The molecule has 3 saturated heterocycles. The molecule has 1 aromatic rings. The lowest BCUT2D eigenvalue weighted by Crippen LogP contribution is -2.53. The first-order valence-electron chi connectivity index (χ1n) is 13.0. The first kappa shape index (κ1) is 25.9. The number of carbonyl (C=O) groups is 2. The molecule has 5 rings (SSSR count). The van der Waals surface area contributed by atoms with E-state index in [-0.39, 0.29) is 54.6 Å². The van der Waals surface area contributed by atoms with Gasteiger partial charge >= 0.3 is 0 Å². The van der Waals surface area contributed by atoms with E-state index in [0.717, 1.165) is 57.3 Å². The van der Waals surface area contributed by atoms with Gasteiger partial charge in [-0.2, -0.15) is 4.31 Å². The number of hydrogen-bond acceptors (Lipinski definition) is 6. The van der Waals surface area contributed by atoms with Crippen molar-refractivity contribution in [1.29, 1.82) is 0 Å². The number of piperidine rings is 2. The molecule has 0 radical (unpaired) electrons. The number of rotatable bonds is 8. The molecule has 0 saturated carbocycles. The smallest absolute Gasteiger partial charge is 0.253 e. The van der Waals surface area contributed by atoms with E-state index in [0.29, 0.717) is 29.1 Å². The standard InChI is InChI=1S/C25H35ClN4O5S/c26-22-14-23-17(11-24(32)28-23)10-21(22)25(33)27-18-12-19-2-3-20(13-18)30(19)36(34,35)15-16-4-7-29(8-5-16)6-1-9-31/h10,14,16,18-20,31H,1-9,11-13,15H2,(H,27,33)(H,28,32)/t18-,19-,20+. The Morgan fingerprint density at radius 1 is 1.14 bits per heavy atom. The second-order valence-corrected chi connectivity index (χ2v) is 13.0. The van der Waals surface area contributed by atoms with E-state index in [1.807, 2.05) is 0 Å². The largest absolute Gasteiger partial charge is 0.396 e. The number of sulfonamides is 1. The SMILES string of the molecule is O=C1Cc2cc(C(=O)N[C@@H]3C[C@H]4CC[C@@H](C3)N4S(=O)(=O)CC3CCN(CCCO)CC3)c(Cl)cc2N1. The highest BCUT2D eigenvalue weighted by Gasteiger charge is 2.47. The quantitative estimate of drug-likeness (QED) is 0.466. The van der Waals surface area contributed by atoms with Gasteiger partial charge in [-0.3, -0.25) is 9.59 Å². The minimum Gasteiger partial charge on any atom is -0.396 e. The first-order chi connectivity index (χ1) is 17.2. The average Bonchev–Trinajstić information content (AvgIpc) is 3.33. The number of halogens is 1. The average molecular weight is 539 g/mol. The third-order valence-corrected chi connectivity index (χ3v) is 10.6. The van der Waals surface area contributed by atoms with Gasteiger partial charge in [0.2, 0.25) is 15.9 Å². The van der Waals surface area contributed by atoms with Crippen LogP contribution in [0.15, 0.2) is 12.1 Å². The van der Waals surface area contributed by atoms with E-state index in [1.165, 1.54) is 0 Å². The molecule has 4 heterocycles. The van der Waals surface area contributed by atoms with Gasteiger partial charge in [-0.1, -0.05) is 11.6 Å². The van der Waals surface area contributed by atoms with Crippen LogP contribution in [-0.4, -0.2) is 84.7 Å². The summed E-state index contributed by atoms with van der Waals surface area (Å²) >= 11 is 6.33. The monoisotopic (exact) mass is 538 g/mol. The minimum atomic E-state index is -3.37. The van der Waals surface area contributed by atoms with Crippen LogP contribution in [0.4, 0.5) is 5.69 Å². The van der Waals surface area contributed by atoms with Crippen molar-refractivity contribution in [2.24, 2.45) is 5.92 Å². The highest BCUT2D eigenvalue weighted by atomic mass is 35.5. The summed E-state index contributed by atoms with van der Waals surface area (Å²) in [5, 5.41) is 15.1. The summed E-state index contributed by atoms with van der Waals surface area (Å²) in [7, 11) is -3.37. The summed E-state index contributed by atoms with van der Waals surface area (Å²) in [6.07, 6.45) is 5.58. The van der Waals surface area contributed by atoms with Gasteiger partial charge in [-0.15, -0.1) is 0 Å². The summed E-state index contributed by atoms with van der Waals surface area (Å²) in [4.78, 5) is 27.0. The molecule has 2 bridgehead atoms. The third kappa shape index (κ3) is 5.43. The van der Waals surface area contributed by atoms with E-state index >= 15 is 0 Å². The molecule has 0 unspecified atom stereocenters. The number of nitrogens with zero attached hydrogens (tertiary/aromatic N) is 2. The molecular formula is C25H35ClN4O5S. The van der Waals surface area contributed by atoms with Crippen LogP contribution in [0.25, 0.3) is 0 Å². The van der Waals surface area contributed by atoms with Gasteiger partial charge in [0.25, 0.3) is 5.91 Å². The van der Waals surface area contributed by atoms with Crippen molar-refractivity contribution in [2.75, 3.05) is 37.3 Å². The summed E-state index contributed by atoms with van der Waals surface area (Å²) in [5.41, 5.74) is 1.75. The molecule has 1 aromatic carbocycles. The van der Waals surface area contributed by atoms with Crippen molar-refractivity contribution in [3.63, 3.8) is 0 Å². The maximum absolute atomic E-state index is 13.4. The van der Waals surface area contributed by atoms with Gasteiger partial charge < -0.3 is 20.6 Å². The van der Waals surface area contributed by atoms with Crippen LogP contribution in [0.2, 0.25) is 5.02 Å². The Labute approximate surface area is 217 Å². The van der Waals surface area contributed by atoms with E-state index in [1.54, 1.807) is 16.4 Å². The van der Waals surface area contributed by atoms with Gasteiger partial charge in [0, 0.05) is 37.0 Å². The Kier molecular flexibility index (Phi) is 7.61. The van der Waals surface area contributed by atoms with Gasteiger partial charge in [0.15, 0.2) is 0 Å². The van der Waals surface area contributed by atoms with E-state index in [2.05, 4.69) is 15.5 Å². The topological polar surface area (TPSA) is 119 Å². The molecule has 4 aliphatic heterocycles. The number of hydrogen-bond donors (Lipinski definition) is 3. The summed E-state index contributed by atoms with van der Waals surface area (Å²) in [5.74, 6) is -0.0325. The summed E-state index contributed by atoms with van der Waals surface area (Å²) in [6, 6.07) is 3.02. The maximum Gasteiger partial charge on any atom is 0.253 e. The number of anilines is 1. The number of carbonyl (C=O) groups excluding carboxylic acids is 2. The Morgan fingerprint density at radius 2 is 1.83 bits per heavy atom. The number of nitrogens with one attached hydrogen (secondary N) is 2. The Morgan fingerprint density at radius 3 is 2.50 bits per heavy atom. The van der Waals surface area contributed by atoms with Crippen LogP contribution < -0.4 is 10.6 Å². The zero-order valence-corrected chi connectivity index (χ0v) is 22.0. The lowest BCUT2D eigenvalue weighted by Gasteiger charge is -2.39. The number of aliphatic hydroxyl groups excluding tert-OH is 1. The third-order valence-electron chi connectivity index (χ3n) is 8.17. The summed E-state index contributed by atoms with van der Waals surface area (Å²) in [6.45, 7) is 2.82. The van der Waals surface area contributed by atoms with Crippen molar-refractivity contribution < 1.29 is 23.1 Å². The fraction of sp³-hybridized carbons (Fsp3) is 0.680. The van der Waals surface area contributed by atoms with E-state index < -0.39 is 10.0 Å². The molecule has 11 heteroatoms. The number of aliphatic hydroxyl groups is 1. The zero-order chi connectivity index (χ0) is 25.4. The van der Waals surface area contributed by atoms with E-state index in [9.17, 15) is 18.0 Å². The Hall–Kier alpha value is -1.72. The van der Waals surface area contributed by atoms with Crippen LogP contribution >= 0.6 is 11.6 Å². The molecule has 3 atom stereocenters. The van der Waals surface area contributed by atoms with Crippen molar-refractivity contribution in [2.45, 2.75) is 69.5 Å². The highest BCUT2D eigenvalue weighted by molar-refractivity contribution is 7.89. The fourth-order valence-corrected chi connectivity index (χ4v) is 9.09. The Balaban J connectivity index is 1.18. The molecule has 0 aliphatic carbocycles. The van der Waals surface area contributed by atoms with Gasteiger partial charge in [0.1, 0.15) is 0 Å². The molecule has 3 N–H and O–H groups in total.